The molecule has 3 rings (SSSR count). The fourth-order valence-corrected chi connectivity index (χ4v) is 3.49. The van der Waals surface area contributed by atoms with Gasteiger partial charge in [0.05, 0.1) is 5.75 Å². The molecule has 1 aliphatic heterocycles. The Morgan fingerprint density at radius 3 is 2.91 bits per heavy atom. The third kappa shape index (κ3) is 3.93. The summed E-state index contributed by atoms with van der Waals surface area (Å²) < 4.78 is 2.17. The van der Waals surface area contributed by atoms with Crippen molar-refractivity contribution < 1.29 is 4.79 Å². The van der Waals surface area contributed by atoms with E-state index < -0.39 is 0 Å². The number of carbonyl (C=O) groups is 1. The Kier molecular flexibility index (Phi) is 5.00. The summed E-state index contributed by atoms with van der Waals surface area (Å²) >= 11 is 1.46. The van der Waals surface area contributed by atoms with Gasteiger partial charge in [0.15, 0.2) is 5.16 Å². The van der Waals surface area contributed by atoms with Crippen molar-refractivity contribution in [3.05, 3.63) is 35.2 Å². The quantitative estimate of drug-likeness (QED) is 0.873. The smallest absolute Gasteiger partial charge is 0.234 e. The lowest BCUT2D eigenvalue weighted by Gasteiger charge is -2.08. The largest absolute Gasteiger partial charge is 0.325 e. The van der Waals surface area contributed by atoms with E-state index in [1.54, 1.807) is 0 Å². The zero-order valence-corrected chi connectivity index (χ0v) is 14.4. The third-order valence-corrected chi connectivity index (χ3v) is 5.17. The van der Waals surface area contributed by atoms with Crippen molar-refractivity contribution in [1.82, 2.24) is 14.8 Å². The zero-order valence-electron chi connectivity index (χ0n) is 13.6. The fourth-order valence-electron chi connectivity index (χ4n) is 2.71. The molecule has 2 aromatic rings. The molecule has 0 atom stereocenters. The molecule has 5 nitrogen and oxygen atoms in total. The van der Waals surface area contributed by atoms with Crippen molar-refractivity contribution >= 4 is 23.4 Å². The lowest BCUT2D eigenvalue weighted by atomic mass is 10.1. The van der Waals surface area contributed by atoms with Gasteiger partial charge in [-0.15, -0.1) is 10.2 Å². The molecule has 0 unspecified atom stereocenters. The highest BCUT2D eigenvalue weighted by Gasteiger charge is 2.16. The lowest BCUT2D eigenvalue weighted by molar-refractivity contribution is -0.113. The second-order valence-corrected chi connectivity index (χ2v) is 6.94. The molecule has 0 bridgehead atoms. The van der Waals surface area contributed by atoms with Crippen LogP contribution in [0.15, 0.2) is 23.4 Å². The molecule has 0 fully saturated rings. The van der Waals surface area contributed by atoms with Gasteiger partial charge in [0.1, 0.15) is 5.82 Å². The number of carbonyl (C=O) groups excluding carboxylic acids is 1. The first-order valence-electron chi connectivity index (χ1n) is 8.05. The first-order chi connectivity index (χ1) is 11.1. The average molecular weight is 330 g/mol. The molecule has 1 aromatic heterocycles. The highest BCUT2D eigenvalue weighted by atomic mass is 32.2. The molecule has 1 aliphatic rings. The van der Waals surface area contributed by atoms with E-state index in [-0.39, 0.29) is 5.91 Å². The molecule has 0 radical (unpaired) electrons. The van der Waals surface area contributed by atoms with Crippen molar-refractivity contribution in [1.29, 1.82) is 0 Å². The SMILES string of the molecule is Cc1ccc(NC(=O)CSc2nnc3n2CCCCC3)cc1C. The van der Waals surface area contributed by atoms with E-state index in [0.717, 1.165) is 36.1 Å². The van der Waals surface area contributed by atoms with E-state index in [4.69, 9.17) is 0 Å². The number of hydrogen-bond donors (Lipinski definition) is 1. The van der Waals surface area contributed by atoms with Crippen LogP contribution in [0.2, 0.25) is 0 Å². The number of nitrogens with one attached hydrogen (secondary N) is 1. The maximum atomic E-state index is 12.2. The van der Waals surface area contributed by atoms with Gasteiger partial charge in [0.2, 0.25) is 5.91 Å². The van der Waals surface area contributed by atoms with Gasteiger partial charge in [-0.05, 0) is 49.9 Å². The summed E-state index contributed by atoms with van der Waals surface area (Å²) in [4.78, 5) is 12.2. The molecule has 0 saturated carbocycles. The summed E-state index contributed by atoms with van der Waals surface area (Å²) in [5.41, 5.74) is 3.25. The van der Waals surface area contributed by atoms with Crippen molar-refractivity contribution in [3.63, 3.8) is 0 Å². The van der Waals surface area contributed by atoms with E-state index in [0.29, 0.717) is 5.75 Å². The second-order valence-electron chi connectivity index (χ2n) is 6.00. The Morgan fingerprint density at radius 2 is 2.09 bits per heavy atom. The summed E-state index contributed by atoms with van der Waals surface area (Å²) in [6.07, 6.45) is 4.56. The molecule has 122 valence electrons. The Labute approximate surface area is 140 Å². The van der Waals surface area contributed by atoms with E-state index in [1.807, 2.05) is 25.1 Å². The molecule has 2 heterocycles. The average Bonchev–Trinajstić information content (AvgIpc) is 2.76. The standard InChI is InChI=1S/C17H22N4OS/c1-12-7-8-14(10-13(12)2)18-16(22)11-23-17-20-19-15-6-4-3-5-9-21(15)17/h7-8,10H,3-6,9,11H2,1-2H3,(H,18,22). The van der Waals surface area contributed by atoms with Crippen LogP contribution < -0.4 is 5.32 Å². The van der Waals surface area contributed by atoms with Crippen LogP contribution in [-0.4, -0.2) is 26.4 Å². The molecule has 1 N–H and O–H groups in total. The number of hydrogen-bond acceptors (Lipinski definition) is 4. The number of nitrogens with zero attached hydrogens (tertiary/aromatic N) is 3. The van der Waals surface area contributed by atoms with Crippen LogP contribution in [0, 0.1) is 13.8 Å². The summed E-state index contributed by atoms with van der Waals surface area (Å²) in [5.74, 6) is 1.40. The number of anilines is 1. The maximum absolute atomic E-state index is 12.2. The molecular formula is C17H22N4OS. The van der Waals surface area contributed by atoms with Gasteiger partial charge in [-0.2, -0.15) is 0 Å². The highest BCUT2D eigenvalue weighted by molar-refractivity contribution is 7.99. The van der Waals surface area contributed by atoms with Crippen LogP contribution in [0.25, 0.3) is 0 Å². The molecule has 1 aromatic carbocycles. The molecule has 0 saturated heterocycles. The Balaban J connectivity index is 1.59. The molecule has 1 amide bonds. The van der Waals surface area contributed by atoms with Crippen molar-refractivity contribution in [2.24, 2.45) is 0 Å². The zero-order chi connectivity index (χ0) is 16.2. The van der Waals surface area contributed by atoms with Crippen LogP contribution >= 0.6 is 11.8 Å². The second kappa shape index (κ2) is 7.17. The summed E-state index contributed by atoms with van der Waals surface area (Å²) in [5, 5.41) is 12.3. The Bertz CT molecular complexity index is 711. The van der Waals surface area contributed by atoms with E-state index in [2.05, 4.69) is 27.0 Å². The number of aryl methyl sites for hydroxylation is 3. The first kappa shape index (κ1) is 16.1. The first-order valence-corrected chi connectivity index (χ1v) is 9.04. The summed E-state index contributed by atoms with van der Waals surface area (Å²) in [6.45, 7) is 5.07. The lowest BCUT2D eigenvalue weighted by Crippen LogP contribution is -2.15. The molecular weight excluding hydrogens is 308 g/mol. The van der Waals surface area contributed by atoms with E-state index >= 15 is 0 Å². The van der Waals surface area contributed by atoms with Gasteiger partial charge in [-0.3, -0.25) is 4.79 Å². The van der Waals surface area contributed by atoms with Gasteiger partial charge in [0, 0.05) is 18.7 Å². The fraction of sp³-hybridized carbons (Fsp3) is 0.471. The van der Waals surface area contributed by atoms with Gasteiger partial charge in [0.25, 0.3) is 0 Å². The van der Waals surface area contributed by atoms with Crippen molar-refractivity contribution in [2.45, 2.75) is 51.2 Å². The third-order valence-electron chi connectivity index (χ3n) is 4.20. The van der Waals surface area contributed by atoms with Gasteiger partial charge >= 0.3 is 0 Å². The Hall–Kier alpha value is -1.82. The minimum Gasteiger partial charge on any atom is -0.325 e. The topological polar surface area (TPSA) is 59.8 Å². The summed E-state index contributed by atoms with van der Waals surface area (Å²) in [6, 6.07) is 5.96. The number of thioether (sulfide) groups is 1. The highest BCUT2D eigenvalue weighted by Crippen LogP contribution is 2.22. The predicted octanol–water partition coefficient (Wildman–Crippen LogP) is 3.35. The number of fused-ring (bicyclic) bond motifs is 1. The predicted molar refractivity (Wildman–Crippen MR) is 92.8 cm³/mol. The van der Waals surface area contributed by atoms with Gasteiger partial charge in [-0.25, -0.2) is 0 Å². The van der Waals surface area contributed by atoms with Crippen LogP contribution in [0.4, 0.5) is 5.69 Å². The Morgan fingerprint density at radius 1 is 1.22 bits per heavy atom. The monoisotopic (exact) mass is 330 g/mol. The number of amides is 1. The normalized spacial score (nSPS) is 14.2. The van der Waals surface area contributed by atoms with Crippen molar-refractivity contribution in [3.8, 4) is 0 Å². The molecule has 23 heavy (non-hydrogen) atoms. The van der Waals surface area contributed by atoms with Crippen LogP contribution in [0.3, 0.4) is 0 Å². The van der Waals surface area contributed by atoms with Gasteiger partial charge in [-0.1, -0.05) is 24.2 Å². The summed E-state index contributed by atoms with van der Waals surface area (Å²) in [7, 11) is 0. The number of rotatable bonds is 4. The molecule has 0 spiro atoms. The van der Waals surface area contributed by atoms with Crippen LogP contribution in [0.5, 0.6) is 0 Å². The minimum atomic E-state index is -0.00998. The van der Waals surface area contributed by atoms with Crippen LogP contribution in [0.1, 0.15) is 36.2 Å². The van der Waals surface area contributed by atoms with Crippen LogP contribution in [-0.2, 0) is 17.8 Å². The van der Waals surface area contributed by atoms with Gasteiger partial charge < -0.3 is 9.88 Å². The minimum absolute atomic E-state index is 0.00998. The number of benzene rings is 1. The van der Waals surface area contributed by atoms with E-state index in [9.17, 15) is 4.79 Å². The molecule has 0 aliphatic carbocycles. The maximum Gasteiger partial charge on any atom is 0.234 e. The number of aromatic nitrogens is 3. The molecule has 6 heteroatoms. The van der Waals surface area contributed by atoms with Crippen molar-refractivity contribution in [2.75, 3.05) is 11.1 Å². The van der Waals surface area contributed by atoms with E-state index in [1.165, 1.54) is 35.7 Å².